The highest BCUT2D eigenvalue weighted by Gasteiger charge is 2.36. The fourth-order valence-electron chi connectivity index (χ4n) is 5.40. The van der Waals surface area contributed by atoms with Crippen LogP contribution in [0.4, 0.5) is 5.69 Å². The molecule has 1 unspecified atom stereocenters. The van der Waals surface area contributed by atoms with Crippen molar-refractivity contribution < 1.29 is 4.74 Å². The number of tetrazole rings is 1. The normalized spacial score (nSPS) is 15.6. The maximum Gasteiger partial charge on any atom is 0.253 e. The summed E-state index contributed by atoms with van der Waals surface area (Å²) in [4.78, 5) is 21.5. The molecule has 9 heteroatoms. The van der Waals surface area contributed by atoms with Gasteiger partial charge in [0.05, 0.1) is 12.1 Å². The zero-order chi connectivity index (χ0) is 27.7. The van der Waals surface area contributed by atoms with Gasteiger partial charge >= 0.3 is 0 Å². The third kappa shape index (κ3) is 5.15. The molecule has 0 bridgehead atoms. The summed E-state index contributed by atoms with van der Waals surface area (Å²) in [6, 6.07) is 13.8. The van der Waals surface area contributed by atoms with E-state index in [0.717, 1.165) is 49.3 Å². The van der Waals surface area contributed by atoms with Crippen molar-refractivity contribution in [2.45, 2.75) is 59.5 Å². The first kappa shape index (κ1) is 26.9. The maximum absolute atomic E-state index is 13.6. The zero-order valence-electron chi connectivity index (χ0n) is 23.9. The van der Waals surface area contributed by atoms with E-state index in [0.29, 0.717) is 18.0 Å². The smallest absolute Gasteiger partial charge is 0.253 e. The fourth-order valence-corrected chi connectivity index (χ4v) is 5.40. The van der Waals surface area contributed by atoms with Gasteiger partial charge in [-0.25, -0.2) is 4.68 Å². The molecule has 39 heavy (non-hydrogen) atoms. The molecule has 0 aliphatic carbocycles. The lowest BCUT2D eigenvalue weighted by Gasteiger charge is -2.40. The van der Waals surface area contributed by atoms with Crippen LogP contribution in [0, 0.1) is 13.8 Å². The third-order valence-electron chi connectivity index (χ3n) is 8.22. The van der Waals surface area contributed by atoms with E-state index in [1.54, 1.807) is 0 Å². The van der Waals surface area contributed by atoms with Gasteiger partial charge < -0.3 is 14.6 Å². The van der Waals surface area contributed by atoms with E-state index >= 15 is 0 Å². The van der Waals surface area contributed by atoms with E-state index in [4.69, 9.17) is 4.74 Å². The molecular formula is C30H39N7O2. The average molecular weight is 530 g/mol. The molecule has 4 aromatic rings. The number of rotatable bonds is 8. The predicted molar refractivity (Wildman–Crippen MR) is 155 cm³/mol. The van der Waals surface area contributed by atoms with Crippen molar-refractivity contribution in [1.29, 1.82) is 0 Å². The summed E-state index contributed by atoms with van der Waals surface area (Å²) in [5, 5.41) is 13.9. The summed E-state index contributed by atoms with van der Waals surface area (Å²) in [6.45, 7) is 16.5. The lowest BCUT2D eigenvalue weighted by atomic mass is 9.98. The lowest BCUT2D eigenvalue weighted by Crippen LogP contribution is -2.49. The van der Waals surface area contributed by atoms with Crippen molar-refractivity contribution in [2.75, 3.05) is 37.7 Å². The van der Waals surface area contributed by atoms with Crippen molar-refractivity contribution in [2.24, 2.45) is 0 Å². The first-order chi connectivity index (χ1) is 18.7. The van der Waals surface area contributed by atoms with Crippen LogP contribution in [0.1, 0.15) is 62.7 Å². The van der Waals surface area contributed by atoms with Crippen molar-refractivity contribution >= 4 is 16.6 Å². The Balaban J connectivity index is 1.57. The highest BCUT2D eigenvalue weighted by molar-refractivity contribution is 5.80. The van der Waals surface area contributed by atoms with Crippen LogP contribution in [0.15, 0.2) is 47.3 Å². The first-order valence-corrected chi connectivity index (χ1v) is 13.9. The van der Waals surface area contributed by atoms with Crippen LogP contribution >= 0.6 is 0 Å². The van der Waals surface area contributed by atoms with Crippen molar-refractivity contribution in [3.63, 3.8) is 0 Å². The topological polar surface area (TPSA) is 92.2 Å². The average Bonchev–Trinajstić information content (AvgIpc) is 3.42. The highest BCUT2D eigenvalue weighted by Crippen LogP contribution is 2.33. The number of piperazine rings is 1. The molecule has 1 atom stereocenters. The molecule has 1 aliphatic rings. The number of ether oxygens (including phenoxy) is 1. The number of aryl methyl sites for hydroxylation is 1. The van der Waals surface area contributed by atoms with Crippen LogP contribution in [-0.2, 0) is 5.54 Å². The molecule has 0 saturated carbocycles. The van der Waals surface area contributed by atoms with Gasteiger partial charge in [0.2, 0.25) is 0 Å². The standard InChI is InChI=1S/C30H39N7O2/c1-7-30(5,6)37-28(32-33-34-37)27(24-19-22-18-23(39-8-2)12-13-25(22)31-29(24)38)36-16-14-35(15-17-36)26-11-9-10-20(3)21(26)4/h9-13,18-19,27H,7-8,14-17H2,1-6H3,(H,31,38). The number of aromatic amines is 1. The van der Waals surface area contributed by atoms with Crippen molar-refractivity contribution in [3.8, 4) is 5.75 Å². The van der Waals surface area contributed by atoms with Crippen LogP contribution in [0.2, 0.25) is 0 Å². The predicted octanol–water partition coefficient (Wildman–Crippen LogP) is 4.59. The van der Waals surface area contributed by atoms with E-state index in [2.05, 4.69) is 83.1 Å². The summed E-state index contributed by atoms with van der Waals surface area (Å²) in [5.74, 6) is 1.46. The maximum atomic E-state index is 13.6. The van der Waals surface area contributed by atoms with Gasteiger partial charge in [0.15, 0.2) is 5.82 Å². The Morgan fingerprint density at radius 3 is 2.54 bits per heavy atom. The molecule has 2 aromatic heterocycles. The third-order valence-corrected chi connectivity index (χ3v) is 8.22. The minimum absolute atomic E-state index is 0.127. The minimum Gasteiger partial charge on any atom is -0.494 e. The van der Waals surface area contributed by atoms with Crippen LogP contribution in [0.25, 0.3) is 10.9 Å². The summed E-state index contributed by atoms with van der Waals surface area (Å²) >= 11 is 0. The molecular weight excluding hydrogens is 490 g/mol. The molecule has 0 amide bonds. The Morgan fingerprint density at radius 1 is 1.05 bits per heavy atom. The molecule has 5 rings (SSSR count). The Morgan fingerprint density at radius 2 is 1.82 bits per heavy atom. The second kappa shape index (κ2) is 10.8. The van der Waals surface area contributed by atoms with Crippen LogP contribution in [0.5, 0.6) is 5.75 Å². The Kier molecular flexibility index (Phi) is 7.44. The number of benzene rings is 2. The number of H-pyrrole nitrogens is 1. The molecule has 1 N–H and O–H groups in total. The Labute approximate surface area is 229 Å². The van der Waals surface area contributed by atoms with Gasteiger partial charge in [-0.2, -0.15) is 0 Å². The molecule has 9 nitrogen and oxygen atoms in total. The Hall–Kier alpha value is -3.72. The second-order valence-corrected chi connectivity index (χ2v) is 11.0. The van der Waals surface area contributed by atoms with E-state index < -0.39 is 6.04 Å². The van der Waals surface area contributed by atoms with E-state index in [9.17, 15) is 4.79 Å². The highest BCUT2D eigenvalue weighted by atomic mass is 16.5. The van der Waals surface area contributed by atoms with E-state index in [1.165, 1.54) is 16.8 Å². The van der Waals surface area contributed by atoms with E-state index in [1.807, 2.05) is 35.9 Å². The monoisotopic (exact) mass is 529 g/mol. The number of anilines is 1. The second-order valence-electron chi connectivity index (χ2n) is 11.0. The van der Waals surface area contributed by atoms with Crippen molar-refractivity contribution in [1.82, 2.24) is 30.1 Å². The number of hydrogen-bond donors (Lipinski definition) is 1. The number of nitrogens with one attached hydrogen (secondary N) is 1. The molecule has 0 radical (unpaired) electrons. The minimum atomic E-state index is -0.393. The summed E-state index contributed by atoms with van der Waals surface area (Å²) in [7, 11) is 0. The number of pyridine rings is 1. The molecule has 1 fully saturated rings. The molecule has 3 heterocycles. The van der Waals surface area contributed by atoms with Gasteiger partial charge in [0.25, 0.3) is 5.56 Å². The number of hydrogen-bond acceptors (Lipinski definition) is 7. The SMILES string of the molecule is CCOc1ccc2[nH]c(=O)c(C(c3nnnn3C(C)(C)CC)N3CCN(c4cccc(C)c4C)CC3)cc2c1. The van der Waals surface area contributed by atoms with Gasteiger partial charge in [-0.05, 0) is 92.9 Å². The van der Waals surface area contributed by atoms with Crippen LogP contribution < -0.4 is 15.2 Å². The van der Waals surface area contributed by atoms with Crippen LogP contribution in [0.3, 0.4) is 0 Å². The fraction of sp³-hybridized carbons (Fsp3) is 0.467. The Bertz CT molecular complexity index is 1520. The lowest BCUT2D eigenvalue weighted by molar-refractivity contribution is 0.186. The number of nitrogens with zero attached hydrogens (tertiary/aromatic N) is 6. The van der Waals surface area contributed by atoms with Gasteiger partial charge in [-0.1, -0.05) is 19.1 Å². The number of aromatic nitrogens is 5. The van der Waals surface area contributed by atoms with Crippen LogP contribution in [-0.4, -0.2) is 62.9 Å². The van der Waals surface area contributed by atoms with Gasteiger partial charge in [-0.3, -0.25) is 9.69 Å². The quantitative estimate of drug-likeness (QED) is 0.357. The molecule has 1 saturated heterocycles. The van der Waals surface area contributed by atoms with Gasteiger partial charge in [-0.15, -0.1) is 5.10 Å². The molecule has 206 valence electrons. The summed E-state index contributed by atoms with van der Waals surface area (Å²) in [5.41, 5.74) is 4.87. The summed E-state index contributed by atoms with van der Waals surface area (Å²) in [6.07, 6.45) is 0.851. The number of fused-ring (bicyclic) bond motifs is 1. The first-order valence-electron chi connectivity index (χ1n) is 13.9. The van der Waals surface area contributed by atoms with Gasteiger partial charge in [0, 0.05) is 48.3 Å². The zero-order valence-corrected chi connectivity index (χ0v) is 23.9. The van der Waals surface area contributed by atoms with E-state index in [-0.39, 0.29) is 11.1 Å². The molecule has 2 aromatic carbocycles. The largest absolute Gasteiger partial charge is 0.494 e. The molecule has 0 spiro atoms. The van der Waals surface area contributed by atoms with Crippen molar-refractivity contribution in [3.05, 3.63) is 75.3 Å². The summed E-state index contributed by atoms with van der Waals surface area (Å²) < 4.78 is 7.64. The molecule has 1 aliphatic heterocycles. The van der Waals surface area contributed by atoms with Gasteiger partial charge in [0.1, 0.15) is 11.8 Å².